The number of ketones is 1. The highest BCUT2D eigenvalue weighted by atomic mass is 79.9. The van der Waals surface area contributed by atoms with Crippen LogP contribution < -0.4 is 0 Å². The van der Waals surface area contributed by atoms with Gasteiger partial charge in [-0.2, -0.15) is 0 Å². The average molecular weight is 302 g/mol. The Morgan fingerprint density at radius 1 is 1.27 bits per heavy atom. The van der Waals surface area contributed by atoms with E-state index < -0.39 is 0 Å². The van der Waals surface area contributed by atoms with Gasteiger partial charge in [0.05, 0.1) is 9.90 Å². The molecular weight excluding hydrogens is 296 g/mol. The highest BCUT2D eigenvalue weighted by Crippen LogP contribution is 2.27. The summed E-state index contributed by atoms with van der Waals surface area (Å²) in [6.07, 6.45) is 0. The van der Waals surface area contributed by atoms with Crippen molar-refractivity contribution in [2.75, 3.05) is 0 Å². The molecule has 0 spiro atoms. The van der Waals surface area contributed by atoms with E-state index in [1.165, 1.54) is 11.3 Å². The van der Waals surface area contributed by atoms with Crippen LogP contribution in [0.2, 0.25) is 5.02 Å². The molecule has 0 radical (unpaired) electrons. The molecule has 0 bridgehead atoms. The maximum Gasteiger partial charge on any atom is 0.205 e. The summed E-state index contributed by atoms with van der Waals surface area (Å²) < 4.78 is 0.817. The first-order chi connectivity index (χ1) is 7.20. The Labute approximate surface area is 105 Å². The Hall–Kier alpha value is -0.640. The molecule has 2 aromatic rings. The van der Waals surface area contributed by atoms with Crippen molar-refractivity contribution in [1.29, 1.82) is 0 Å². The summed E-state index contributed by atoms with van der Waals surface area (Å²) in [4.78, 5) is 12.7. The normalized spacial score (nSPS) is 10.3. The van der Waals surface area contributed by atoms with Crippen LogP contribution in [0.15, 0.2) is 40.2 Å². The molecule has 1 aromatic carbocycles. The Morgan fingerprint density at radius 2 is 2.00 bits per heavy atom. The van der Waals surface area contributed by atoms with Gasteiger partial charge in [0, 0.05) is 10.0 Å². The summed E-state index contributed by atoms with van der Waals surface area (Å²) in [5.74, 6) is -0.0394. The number of hydrogen-bond acceptors (Lipinski definition) is 2. The van der Waals surface area contributed by atoms with E-state index in [4.69, 9.17) is 11.6 Å². The number of thiophene rings is 1. The van der Waals surface area contributed by atoms with Crippen LogP contribution in [0.1, 0.15) is 15.2 Å². The predicted octanol–water partition coefficient (Wildman–Crippen LogP) is 4.40. The topological polar surface area (TPSA) is 17.1 Å². The number of rotatable bonds is 2. The van der Waals surface area contributed by atoms with Crippen molar-refractivity contribution in [1.82, 2.24) is 0 Å². The lowest BCUT2D eigenvalue weighted by Crippen LogP contribution is -1.99. The van der Waals surface area contributed by atoms with Crippen molar-refractivity contribution in [2.45, 2.75) is 0 Å². The molecule has 1 nitrogen and oxygen atoms in total. The van der Waals surface area contributed by atoms with E-state index in [0.29, 0.717) is 15.5 Å². The Bertz CT molecular complexity index is 507. The molecule has 0 N–H and O–H groups in total. The lowest BCUT2D eigenvalue weighted by molar-refractivity contribution is 0.104. The molecule has 1 heterocycles. The maximum atomic E-state index is 12.0. The zero-order valence-electron chi connectivity index (χ0n) is 7.54. The molecule has 1 aromatic heterocycles. The molecule has 0 amide bonds. The van der Waals surface area contributed by atoms with Gasteiger partial charge in [-0.3, -0.25) is 4.79 Å². The minimum Gasteiger partial charge on any atom is -0.288 e. The first-order valence-corrected chi connectivity index (χ1v) is 6.27. The van der Waals surface area contributed by atoms with Crippen LogP contribution >= 0.6 is 38.9 Å². The van der Waals surface area contributed by atoms with Crippen molar-refractivity contribution in [3.05, 3.63) is 55.6 Å². The van der Waals surface area contributed by atoms with Crippen LogP contribution in [-0.4, -0.2) is 5.78 Å². The van der Waals surface area contributed by atoms with Gasteiger partial charge < -0.3 is 0 Å². The van der Waals surface area contributed by atoms with E-state index in [2.05, 4.69) is 15.9 Å². The first kappa shape index (κ1) is 10.9. The molecule has 15 heavy (non-hydrogen) atoms. The lowest BCUT2D eigenvalue weighted by Gasteiger charge is -2.01. The van der Waals surface area contributed by atoms with Crippen LogP contribution in [0.4, 0.5) is 0 Å². The standard InChI is InChI=1S/C11H6BrClOS/c12-8-5-6-15-11(8)10(14)7-3-1-2-4-9(7)13/h1-6H. The van der Waals surface area contributed by atoms with Crippen LogP contribution in [0.25, 0.3) is 0 Å². The van der Waals surface area contributed by atoms with E-state index in [0.717, 1.165) is 4.47 Å². The van der Waals surface area contributed by atoms with E-state index in [9.17, 15) is 4.79 Å². The van der Waals surface area contributed by atoms with Gasteiger partial charge >= 0.3 is 0 Å². The molecule has 0 saturated carbocycles. The summed E-state index contributed by atoms with van der Waals surface area (Å²) >= 11 is 10.7. The van der Waals surface area contributed by atoms with Gasteiger partial charge in [0.25, 0.3) is 0 Å². The molecule has 76 valence electrons. The van der Waals surface area contributed by atoms with Crippen molar-refractivity contribution in [3.8, 4) is 0 Å². The molecule has 0 aliphatic rings. The van der Waals surface area contributed by atoms with E-state index in [1.807, 2.05) is 17.5 Å². The van der Waals surface area contributed by atoms with Gasteiger partial charge in [0.1, 0.15) is 0 Å². The van der Waals surface area contributed by atoms with Gasteiger partial charge in [-0.15, -0.1) is 11.3 Å². The van der Waals surface area contributed by atoms with Gasteiger partial charge in [-0.1, -0.05) is 23.7 Å². The third kappa shape index (κ3) is 2.14. The molecule has 4 heteroatoms. The largest absolute Gasteiger partial charge is 0.288 e. The van der Waals surface area contributed by atoms with Crippen LogP contribution in [0.3, 0.4) is 0 Å². The van der Waals surface area contributed by atoms with E-state index in [1.54, 1.807) is 18.2 Å². The van der Waals surface area contributed by atoms with Crippen molar-refractivity contribution in [2.24, 2.45) is 0 Å². The number of benzene rings is 1. The molecule has 0 unspecified atom stereocenters. The summed E-state index contributed by atoms with van der Waals surface area (Å²) in [7, 11) is 0. The summed E-state index contributed by atoms with van der Waals surface area (Å²) in [6, 6.07) is 8.92. The van der Waals surface area contributed by atoms with Gasteiger partial charge in [-0.25, -0.2) is 0 Å². The number of halogens is 2. The second kappa shape index (κ2) is 4.47. The molecule has 0 aliphatic heterocycles. The smallest absolute Gasteiger partial charge is 0.205 e. The highest BCUT2D eigenvalue weighted by Gasteiger charge is 2.15. The highest BCUT2D eigenvalue weighted by molar-refractivity contribution is 9.10. The zero-order valence-corrected chi connectivity index (χ0v) is 10.7. The first-order valence-electron chi connectivity index (χ1n) is 4.22. The second-order valence-electron chi connectivity index (χ2n) is 2.91. The van der Waals surface area contributed by atoms with Crippen LogP contribution in [-0.2, 0) is 0 Å². The lowest BCUT2D eigenvalue weighted by atomic mass is 10.1. The Balaban J connectivity index is 2.46. The third-order valence-electron chi connectivity index (χ3n) is 1.94. The average Bonchev–Trinajstić information content (AvgIpc) is 2.64. The van der Waals surface area contributed by atoms with E-state index >= 15 is 0 Å². The molecule has 0 aliphatic carbocycles. The fraction of sp³-hybridized carbons (Fsp3) is 0. The molecular formula is C11H6BrClOS. The SMILES string of the molecule is O=C(c1ccccc1Cl)c1sccc1Br. The van der Waals surface area contributed by atoms with Crippen molar-refractivity contribution < 1.29 is 4.79 Å². The Morgan fingerprint density at radius 3 is 2.60 bits per heavy atom. The van der Waals surface area contributed by atoms with Crippen molar-refractivity contribution >= 4 is 44.7 Å². The van der Waals surface area contributed by atoms with E-state index in [-0.39, 0.29) is 5.78 Å². The summed E-state index contributed by atoms with van der Waals surface area (Å²) in [5.41, 5.74) is 0.544. The molecule has 2 rings (SSSR count). The van der Waals surface area contributed by atoms with Crippen LogP contribution in [0.5, 0.6) is 0 Å². The summed E-state index contributed by atoms with van der Waals surface area (Å²) in [5, 5.41) is 2.36. The van der Waals surface area contributed by atoms with Gasteiger partial charge in [0.2, 0.25) is 5.78 Å². The fourth-order valence-corrected chi connectivity index (χ4v) is 2.95. The predicted molar refractivity (Wildman–Crippen MR) is 66.9 cm³/mol. The minimum atomic E-state index is -0.0394. The minimum absolute atomic E-state index is 0.0394. The second-order valence-corrected chi connectivity index (χ2v) is 5.08. The molecule has 0 saturated heterocycles. The Kier molecular flexibility index (Phi) is 3.24. The fourth-order valence-electron chi connectivity index (χ4n) is 1.22. The zero-order chi connectivity index (χ0) is 10.8. The maximum absolute atomic E-state index is 12.0. The monoisotopic (exact) mass is 300 g/mol. The quantitative estimate of drug-likeness (QED) is 0.752. The number of carbonyl (C=O) groups excluding carboxylic acids is 1. The van der Waals surface area contributed by atoms with Crippen molar-refractivity contribution in [3.63, 3.8) is 0 Å². The third-order valence-corrected chi connectivity index (χ3v) is 4.11. The molecule has 0 fully saturated rings. The number of hydrogen-bond donors (Lipinski definition) is 0. The van der Waals surface area contributed by atoms with Gasteiger partial charge in [-0.05, 0) is 39.5 Å². The van der Waals surface area contributed by atoms with Gasteiger partial charge in [0.15, 0.2) is 0 Å². The van der Waals surface area contributed by atoms with Crippen LogP contribution in [0, 0.1) is 0 Å². The number of carbonyl (C=O) groups is 1. The summed E-state index contributed by atoms with van der Waals surface area (Å²) in [6.45, 7) is 0. The molecule has 0 atom stereocenters.